The molecule has 17 nitrogen and oxygen atoms in total. The quantitative estimate of drug-likeness (QED) is 0.0222. The maximum absolute atomic E-state index is 13.0. The van der Waals surface area contributed by atoms with Crippen molar-refractivity contribution in [2.45, 2.75) is 381 Å². The van der Waals surface area contributed by atoms with Crippen LogP contribution < -0.4 is 0 Å². The van der Waals surface area contributed by atoms with Crippen LogP contribution >= 0.6 is 15.6 Å². The summed E-state index contributed by atoms with van der Waals surface area (Å²) in [6.45, 7) is 9.36. The van der Waals surface area contributed by atoms with E-state index in [4.69, 9.17) is 37.0 Å². The molecule has 0 spiro atoms. The minimum atomic E-state index is -4.95. The van der Waals surface area contributed by atoms with Crippen LogP contribution in [0.3, 0.4) is 0 Å². The first kappa shape index (κ1) is 88.1. The van der Waals surface area contributed by atoms with E-state index in [-0.39, 0.29) is 25.7 Å². The van der Waals surface area contributed by atoms with Crippen LogP contribution in [0.15, 0.2) is 0 Å². The van der Waals surface area contributed by atoms with Gasteiger partial charge in [0.05, 0.1) is 26.4 Å². The van der Waals surface area contributed by atoms with Crippen LogP contribution in [0.1, 0.15) is 363 Å². The van der Waals surface area contributed by atoms with E-state index in [9.17, 15) is 43.2 Å². The van der Waals surface area contributed by atoms with Gasteiger partial charge in [-0.25, -0.2) is 9.13 Å². The Morgan fingerprint density at radius 1 is 0.300 bits per heavy atom. The summed E-state index contributed by atoms with van der Waals surface area (Å²) in [6, 6.07) is 0. The first-order valence-electron chi connectivity index (χ1n) is 37.0. The summed E-state index contributed by atoms with van der Waals surface area (Å²) >= 11 is 0. The number of hydrogen-bond donors (Lipinski definition) is 3. The van der Waals surface area contributed by atoms with Gasteiger partial charge in [-0.15, -0.1) is 0 Å². The van der Waals surface area contributed by atoms with Crippen molar-refractivity contribution in [3.8, 4) is 0 Å². The van der Waals surface area contributed by atoms with Gasteiger partial charge in [0.25, 0.3) is 0 Å². The summed E-state index contributed by atoms with van der Waals surface area (Å²) in [4.78, 5) is 72.4. The fourth-order valence-corrected chi connectivity index (χ4v) is 12.3. The third-order valence-electron chi connectivity index (χ3n) is 16.5. The van der Waals surface area contributed by atoms with Crippen molar-refractivity contribution in [3.63, 3.8) is 0 Å². The molecule has 0 fully saturated rings. The van der Waals surface area contributed by atoms with Gasteiger partial charge in [-0.1, -0.05) is 311 Å². The summed E-state index contributed by atoms with van der Waals surface area (Å²) in [5.74, 6) is -0.784. The highest BCUT2D eigenvalue weighted by molar-refractivity contribution is 7.47. The first-order chi connectivity index (χ1) is 43.4. The Kier molecular flexibility index (Phi) is 61.8. The van der Waals surface area contributed by atoms with Crippen molar-refractivity contribution < 1.29 is 80.2 Å². The number of carbonyl (C=O) groups excluding carboxylic acids is 4. The molecule has 0 amide bonds. The van der Waals surface area contributed by atoms with E-state index in [1.54, 1.807) is 0 Å². The van der Waals surface area contributed by atoms with E-state index < -0.39 is 97.5 Å². The largest absolute Gasteiger partial charge is 0.472 e. The molecule has 0 aliphatic rings. The molecule has 0 heterocycles. The highest BCUT2D eigenvalue weighted by Crippen LogP contribution is 2.45. The van der Waals surface area contributed by atoms with Crippen LogP contribution in [0.4, 0.5) is 0 Å². The van der Waals surface area contributed by atoms with Gasteiger partial charge in [0.15, 0.2) is 12.2 Å². The molecule has 0 rings (SSSR count). The van der Waals surface area contributed by atoms with Gasteiger partial charge in [-0.2, -0.15) is 0 Å². The zero-order chi connectivity index (χ0) is 66.5. The molecule has 19 heteroatoms. The topological polar surface area (TPSA) is 237 Å². The molecule has 0 aromatic heterocycles. The lowest BCUT2D eigenvalue weighted by Crippen LogP contribution is -2.30. The number of ether oxygens (including phenoxy) is 4. The lowest BCUT2D eigenvalue weighted by atomic mass is 10.0. The smallest absolute Gasteiger partial charge is 0.462 e. The predicted octanol–water partition coefficient (Wildman–Crippen LogP) is 20.4. The number of aliphatic hydroxyl groups excluding tert-OH is 1. The van der Waals surface area contributed by atoms with Gasteiger partial charge in [0.1, 0.15) is 19.3 Å². The lowest BCUT2D eigenvalue weighted by molar-refractivity contribution is -0.161. The second-order valence-electron chi connectivity index (χ2n) is 26.6. The average molecular weight is 1330 g/mol. The van der Waals surface area contributed by atoms with E-state index >= 15 is 0 Å². The number of carbonyl (C=O) groups is 4. The van der Waals surface area contributed by atoms with E-state index in [2.05, 4.69) is 41.5 Å². The minimum absolute atomic E-state index is 0.101. The molecule has 2 unspecified atom stereocenters. The van der Waals surface area contributed by atoms with Gasteiger partial charge in [0, 0.05) is 25.7 Å². The van der Waals surface area contributed by atoms with E-state index in [0.29, 0.717) is 37.5 Å². The van der Waals surface area contributed by atoms with Crippen LogP contribution in [0.5, 0.6) is 0 Å². The maximum Gasteiger partial charge on any atom is 0.472 e. The normalized spacial score (nSPS) is 14.1. The van der Waals surface area contributed by atoms with Gasteiger partial charge in [-0.3, -0.25) is 37.3 Å². The molecule has 534 valence electrons. The van der Waals surface area contributed by atoms with E-state index in [0.717, 1.165) is 96.3 Å². The number of rotatable bonds is 70. The third-order valence-corrected chi connectivity index (χ3v) is 18.4. The molecule has 0 radical (unpaired) electrons. The second kappa shape index (κ2) is 63.1. The zero-order valence-corrected chi connectivity index (χ0v) is 60.2. The molecule has 0 saturated heterocycles. The van der Waals surface area contributed by atoms with Crippen molar-refractivity contribution in [3.05, 3.63) is 0 Å². The number of esters is 4. The van der Waals surface area contributed by atoms with Crippen LogP contribution in [0, 0.1) is 11.8 Å². The number of aliphatic hydroxyl groups is 1. The number of phosphoric ester groups is 2. The number of hydrogen-bond acceptors (Lipinski definition) is 15. The summed E-state index contributed by atoms with van der Waals surface area (Å²) in [5, 5.41) is 10.6. The Balaban J connectivity index is 5.11. The van der Waals surface area contributed by atoms with Gasteiger partial charge >= 0.3 is 39.5 Å². The second-order valence-corrected chi connectivity index (χ2v) is 29.5. The molecular weight excluding hydrogens is 1190 g/mol. The Morgan fingerprint density at radius 3 is 0.756 bits per heavy atom. The fraction of sp³-hybridized carbons (Fsp3) is 0.944. The average Bonchev–Trinajstić information content (AvgIpc) is 3.22. The number of unbranched alkanes of at least 4 members (excludes halogenated alkanes) is 40. The van der Waals surface area contributed by atoms with Crippen LogP contribution in [-0.4, -0.2) is 96.7 Å². The van der Waals surface area contributed by atoms with Crippen molar-refractivity contribution in [1.82, 2.24) is 0 Å². The summed E-state index contributed by atoms with van der Waals surface area (Å²) in [6.07, 6.45) is 49.2. The molecule has 0 aliphatic carbocycles. The summed E-state index contributed by atoms with van der Waals surface area (Å²) < 4.78 is 68.1. The molecule has 0 saturated carbocycles. The Morgan fingerprint density at radius 2 is 0.511 bits per heavy atom. The molecule has 90 heavy (non-hydrogen) atoms. The fourth-order valence-electron chi connectivity index (χ4n) is 10.8. The van der Waals surface area contributed by atoms with Crippen molar-refractivity contribution >= 4 is 39.5 Å². The van der Waals surface area contributed by atoms with Gasteiger partial charge in [-0.05, 0) is 37.5 Å². The van der Waals surface area contributed by atoms with Crippen molar-refractivity contribution in [2.75, 3.05) is 39.6 Å². The third kappa shape index (κ3) is 64.8. The molecular formula is C71H138O17P2. The molecule has 0 aromatic rings. The molecule has 0 bridgehead atoms. The Hall–Kier alpha value is -1.94. The predicted molar refractivity (Wildman–Crippen MR) is 363 cm³/mol. The molecule has 3 N–H and O–H groups in total. The molecule has 0 aliphatic heterocycles. The summed E-state index contributed by atoms with van der Waals surface area (Å²) in [5.41, 5.74) is 0. The Bertz CT molecular complexity index is 1750. The van der Waals surface area contributed by atoms with Crippen LogP contribution in [0.2, 0.25) is 0 Å². The van der Waals surface area contributed by atoms with Crippen molar-refractivity contribution in [1.29, 1.82) is 0 Å². The Labute approximate surface area is 549 Å². The highest BCUT2D eigenvalue weighted by Gasteiger charge is 2.30. The monoisotopic (exact) mass is 1320 g/mol. The van der Waals surface area contributed by atoms with Crippen molar-refractivity contribution in [2.24, 2.45) is 11.8 Å². The van der Waals surface area contributed by atoms with Crippen LogP contribution in [0.25, 0.3) is 0 Å². The first-order valence-corrected chi connectivity index (χ1v) is 40.0. The van der Waals surface area contributed by atoms with Crippen LogP contribution in [-0.2, 0) is 65.4 Å². The standard InChI is InChI=1S/C71H138O17P2/c1-7-9-11-13-15-17-19-20-21-22-23-24-25-26-27-28-29-30-32-34-43-49-55-70(75)87-66(59-81-68(73)53-47-41-33-31-18-16-14-12-10-8-2)61-85-89(77,78)83-57-65(72)58-84-90(79,80)86-62-67(88-71(76)56-50-44-38-36-40-46-52-64(5)6)60-82-69(74)54-48-42-37-35-39-45-51-63(3)4/h63-67,72H,7-62H2,1-6H3,(H,77,78)(H,79,80)/t65-,66-,67-/m1/s1. The minimum Gasteiger partial charge on any atom is -0.462 e. The van der Waals surface area contributed by atoms with E-state index in [1.807, 2.05) is 0 Å². The SMILES string of the molecule is CCCCCCCCCCCCCCCCCCCCCCCCC(=O)O[C@H](COC(=O)CCCCCCCCCCCC)COP(=O)(O)OC[C@@H](O)COP(=O)(O)OC[C@@H](COC(=O)CCCCCCCCC(C)C)OC(=O)CCCCCCCCC(C)C. The maximum atomic E-state index is 13.0. The lowest BCUT2D eigenvalue weighted by Gasteiger charge is -2.21. The highest BCUT2D eigenvalue weighted by atomic mass is 31.2. The molecule has 0 aromatic carbocycles. The summed E-state index contributed by atoms with van der Waals surface area (Å²) in [7, 11) is -9.89. The van der Waals surface area contributed by atoms with E-state index in [1.165, 1.54) is 173 Å². The molecule has 5 atom stereocenters. The number of phosphoric acid groups is 2. The van der Waals surface area contributed by atoms with Gasteiger partial charge < -0.3 is 33.8 Å². The van der Waals surface area contributed by atoms with Gasteiger partial charge in [0.2, 0.25) is 0 Å². The zero-order valence-electron chi connectivity index (χ0n) is 58.4.